The first-order chi connectivity index (χ1) is 16.7. The van der Waals surface area contributed by atoms with Crippen LogP contribution in [-0.4, -0.2) is 23.5 Å². The lowest BCUT2D eigenvalue weighted by Gasteiger charge is -2.03. The van der Waals surface area contributed by atoms with Crippen LogP contribution in [0.25, 0.3) is 21.9 Å². The van der Waals surface area contributed by atoms with Gasteiger partial charge in [-0.05, 0) is 41.8 Å². The standard InChI is InChI=1S/C13H11ClO3.C10H8O2.C3H6ClNO/c14-6-5-10(15)7-9-8-13(16)17-12-4-2-1-3-11(9)12;1-7-6-10(11)12-9-5-3-2-4-8(7)9;4-3(6)1-2-5/h1-4,8H,5-7H2;2-6H,1H3;1-2,5H2. The average Bonchev–Trinajstić information content (AvgIpc) is 2.80. The van der Waals surface area contributed by atoms with E-state index < -0.39 is 5.63 Å². The molecule has 2 N–H and O–H groups in total. The fourth-order valence-electron chi connectivity index (χ4n) is 3.12. The van der Waals surface area contributed by atoms with Gasteiger partial charge in [0.1, 0.15) is 16.9 Å². The number of nitrogens with two attached hydrogens (primary N) is 1. The highest BCUT2D eigenvalue weighted by Crippen LogP contribution is 2.17. The number of Topliss-reactive ketones (excluding diaryl/α,β-unsaturated/α-hetero) is 1. The first kappa shape index (κ1) is 28.0. The molecule has 0 aliphatic rings. The smallest absolute Gasteiger partial charge is 0.336 e. The van der Waals surface area contributed by atoms with Gasteiger partial charge in [-0.25, -0.2) is 9.59 Å². The van der Waals surface area contributed by atoms with Gasteiger partial charge >= 0.3 is 11.3 Å². The molecule has 0 spiro atoms. The second kappa shape index (κ2) is 14.2. The van der Waals surface area contributed by atoms with Crippen LogP contribution in [0.2, 0.25) is 0 Å². The number of carbonyl (C=O) groups excluding carboxylic acids is 2. The Morgan fingerprint density at radius 2 is 1.40 bits per heavy atom. The van der Waals surface area contributed by atoms with Gasteiger partial charge in [-0.1, -0.05) is 36.4 Å². The van der Waals surface area contributed by atoms with E-state index in [1.165, 1.54) is 12.1 Å². The van der Waals surface area contributed by atoms with Crippen molar-refractivity contribution in [3.05, 3.63) is 92.6 Å². The van der Waals surface area contributed by atoms with Crippen molar-refractivity contribution >= 4 is 56.2 Å². The Morgan fingerprint density at radius 3 is 1.94 bits per heavy atom. The van der Waals surface area contributed by atoms with Crippen molar-refractivity contribution in [2.75, 3.05) is 12.4 Å². The number of hydrogen-bond donors (Lipinski definition) is 1. The van der Waals surface area contributed by atoms with Crippen molar-refractivity contribution in [2.24, 2.45) is 5.73 Å². The van der Waals surface area contributed by atoms with Crippen LogP contribution in [0.3, 0.4) is 0 Å². The number of aryl methyl sites for hydroxylation is 1. The van der Waals surface area contributed by atoms with E-state index in [9.17, 15) is 19.2 Å². The molecule has 2 aromatic carbocycles. The van der Waals surface area contributed by atoms with E-state index >= 15 is 0 Å². The Hall–Kier alpha value is -3.26. The Bertz CT molecular complexity index is 1410. The van der Waals surface area contributed by atoms with Crippen molar-refractivity contribution in [1.82, 2.24) is 0 Å². The lowest BCUT2D eigenvalue weighted by Crippen LogP contribution is -2.07. The lowest BCUT2D eigenvalue weighted by atomic mass is 10.0. The maximum atomic E-state index is 11.6. The van der Waals surface area contributed by atoms with Crippen molar-refractivity contribution in [1.29, 1.82) is 0 Å². The van der Waals surface area contributed by atoms with Crippen LogP contribution in [0.4, 0.5) is 0 Å². The monoisotopic (exact) mass is 517 g/mol. The number of fused-ring (bicyclic) bond motifs is 2. The molecule has 0 saturated heterocycles. The summed E-state index contributed by atoms with van der Waals surface area (Å²) >= 11 is 10.4. The second-order valence-electron chi connectivity index (χ2n) is 7.38. The van der Waals surface area contributed by atoms with Crippen LogP contribution >= 0.6 is 23.2 Å². The van der Waals surface area contributed by atoms with Gasteiger partial charge in [-0.3, -0.25) is 9.59 Å². The van der Waals surface area contributed by atoms with Gasteiger partial charge in [-0.2, -0.15) is 0 Å². The Balaban J connectivity index is 0.000000209. The first-order valence-corrected chi connectivity index (χ1v) is 11.6. The van der Waals surface area contributed by atoms with Crippen molar-refractivity contribution in [2.45, 2.75) is 26.2 Å². The summed E-state index contributed by atoms with van der Waals surface area (Å²) in [7, 11) is 0. The molecule has 35 heavy (non-hydrogen) atoms. The van der Waals surface area contributed by atoms with Crippen LogP contribution in [-0.2, 0) is 16.0 Å². The molecule has 4 rings (SSSR count). The van der Waals surface area contributed by atoms with Crippen molar-refractivity contribution < 1.29 is 18.4 Å². The van der Waals surface area contributed by atoms with Crippen LogP contribution in [0.5, 0.6) is 0 Å². The highest BCUT2D eigenvalue weighted by atomic mass is 35.5. The predicted octanol–water partition coefficient (Wildman–Crippen LogP) is 4.74. The summed E-state index contributed by atoms with van der Waals surface area (Å²) in [6.07, 6.45) is 0.816. The summed E-state index contributed by atoms with van der Waals surface area (Å²) in [5, 5.41) is 1.43. The molecule has 4 aromatic rings. The third kappa shape index (κ3) is 9.13. The maximum Gasteiger partial charge on any atom is 0.336 e. The number of halogens is 2. The van der Waals surface area contributed by atoms with E-state index in [1.807, 2.05) is 37.3 Å². The molecule has 2 heterocycles. The molecule has 0 aliphatic heterocycles. The van der Waals surface area contributed by atoms with E-state index in [2.05, 4.69) is 0 Å². The number of hydrogen-bond acceptors (Lipinski definition) is 7. The summed E-state index contributed by atoms with van der Waals surface area (Å²) in [6, 6.07) is 17.6. The zero-order chi connectivity index (χ0) is 25.8. The third-order valence-corrected chi connectivity index (χ3v) is 5.07. The molecule has 0 saturated carbocycles. The normalized spacial score (nSPS) is 10.2. The van der Waals surface area contributed by atoms with Crippen LogP contribution in [0, 0.1) is 6.92 Å². The summed E-state index contributed by atoms with van der Waals surface area (Å²) in [4.78, 5) is 43.6. The van der Waals surface area contributed by atoms with Gasteiger partial charge in [0, 0.05) is 54.6 Å². The molecule has 0 fully saturated rings. The summed E-state index contributed by atoms with van der Waals surface area (Å²) < 4.78 is 10.0. The number of alkyl halides is 1. The zero-order valence-corrected chi connectivity index (χ0v) is 20.6. The Kier molecular flexibility index (Phi) is 11.4. The number of ketones is 1. The molecular formula is C26H25Cl2NO6. The molecule has 9 heteroatoms. The Labute approximate surface area is 211 Å². The average molecular weight is 518 g/mol. The number of rotatable bonds is 6. The molecule has 0 amide bonds. The van der Waals surface area contributed by atoms with Gasteiger partial charge in [0.25, 0.3) is 0 Å². The van der Waals surface area contributed by atoms with Crippen LogP contribution in [0.1, 0.15) is 24.0 Å². The molecule has 0 bridgehead atoms. The van der Waals surface area contributed by atoms with Gasteiger partial charge < -0.3 is 14.6 Å². The minimum Gasteiger partial charge on any atom is -0.423 e. The fourth-order valence-corrected chi connectivity index (χ4v) is 3.44. The summed E-state index contributed by atoms with van der Waals surface area (Å²) in [5.41, 5.74) is 7.03. The van der Waals surface area contributed by atoms with E-state index in [4.69, 9.17) is 37.8 Å². The zero-order valence-electron chi connectivity index (χ0n) is 19.1. The highest BCUT2D eigenvalue weighted by Gasteiger charge is 2.09. The summed E-state index contributed by atoms with van der Waals surface area (Å²) in [6.45, 7) is 2.25. The number of benzene rings is 2. The molecule has 184 valence electrons. The van der Waals surface area contributed by atoms with Gasteiger partial charge in [-0.15, -0.1) is 11.6 Å². The predicted molar refractivity (Wildman–Crippen MR) is 138 cm³/mol. The minimum absolute atomic E-state index is 0.0238. The molecule has 0 radical (unpaired) electrons. The second-order valence-corrected chi connectivity index (χ2v) is 8.18. The number of carbonyl (C=O) groups is 2. The lowest BCUT2D eigenvalue weighted by molar-refractivity contribution is -0.118. The van der Waals surface area contributed by atoms with E-state index in [-0.39, 0.29) is 29.5 Å². The molecular weight excluding hydrogens is 493 g/mol. The van der Waals surface area contributed by atoms with Crippen molar-refractivity contribution in [3.63, 3.8) is 0 Å². The molecule has 7 nitrogen and oxygen atoms in total. The first-order valence-electron chi connectivity index (χ1n) is 10.7. The fraction of sp³-hybridized carbons (Fsp3) is 0.231. The molecule has 0 aliphatic carbocycles. The molecule has 0 unspecified atom stereocenters. The van der Waals surface area contributed by atoms with Gasteiger partial charge in [0.15, 0.2) is 0 Å². The minimum atomic E-state index is -0.433. The topological polar surface area (TPSA) is 121 Å². The van der Waals surface area contributed by atoms with E-state index in [0.29, 0.717) is 35.6 Å². The highest BCUT2D eigenvalue weighted by molar-refractivity contribution is 6.63. The van der Waals surface area contributed by atoms with E-state index in [0.717, 1.165) is 16.3 Å². The number of para-hydroxylation sites is 2. The van der Waals surface area contributed by atoms with Crippen molar-refractivity contribution in [3.8, 4) is 0 Å². The third-order valence-electron chi connectivity index (χ3n) is 4.69. The summed E-state index contributed by atoms with van der Waals surface area (Å²) in [5.74, 6) is 0.328. The molecule has 0 atom stereocenters. The van der Waals surface area contributed by atoms with Gasteiger partial charge in [0.2, 0.25) is 5.24 Å². The maximum absolute atomic E-state index is 11.6. The van der Waals surface area contributed by atoms with Crippen LogP contribution in [0.15, 0.2) is 79.1 Å². The SMILES string of the molecule is Cc1cc(=O)oc2ccccc12.NCCC(=O)Cl.O=C(CCCl)Cc1cc(=O)oc2ccccc12. The Morgan fingerprint density at radius 1 is 0.857 bits per heavy atom. The van der Waals surface area contributed by atoms with E-state index in [1.54, 1.807) is 18.2 Å². The van der Waals surface area contributed by atoms with Gasteiger partial charge in [0.05, 0.1) is 0 Å². The largest absolute Gasteiger partial charge is 0.423 e. The quantitative estimate of drug-likeness (QED) is 0.222. The van der Waals surface area contributed by atoms with Crippen LogP contribution < -0.4 is 17.0 Å². The molecule has 2 aromatic heterocycles.